The zero-order chi connectivity index (χ0) is 17.7. The van der Waals surface area contributed by atoms with Crippen molar-refractivity contribution in [3.8, 4) is 11.9 Å². The Balaban J connectivity index is 1.56. The van der Waals surface area contributed by atoms with Gasteiger partial charge in [-0.2, -0.15) is 4.98 Å². The molecule has 1 saturated heterocycles. The molecule has 1 aromatic heterocycles. The fourth-order valence-corrected chi connectivity index (χ4v) is 4.33. The summed E-state index contributed by atoms with van der Waals surface area (Å²) >= 11 is 0. The summed E-state index contributed by atoms with van der Waals surface area (Å²) in [5.74, 6) is 0.472. The van der Waals surface area contributed by atoms with Crippen molar-refractivity contribution in [2.24, 2.45) is 0 Å². The number of piperidine rings is 1. The van der Waals surface area contributed by atoms with E-state index >= 15 is 0 Å². The van der Waals surface area contributed by atoms with E-state index in [1.807, 2.05) is 30.3 Å². The molecule has 7 nitrogen and oxygen atoms in total. The molecule has 25 heavy (non-hydrogen) atoms. The fourth-order valence-electron chi connectivity index (χ4n) is 2.76. The first kappa shape index (κ1) is 17.6. The highest BCUT2D eigenvalue weighted by atomic mass is 32.2. The number of benzene rings is 1. The van der Waals surface area contributed by atoms with Crippen molar-refractivity contribution in [2.45, 2.75) is 24.7 Å². The topological polar surface area (TPSA) is 81.6 Å². The van der Waals surface area contributed by atoms with Crippen LogP contribution >= 0.6 is 0 Å². The van der Waals surface area contributed by atoms with Crippen LogP contribution in [0.4, 0.5) is 0 Å². The van der Waals surface area contributed by atoms with Crippen LogP contribution < -0.4 is 9.47 Å². The zero-order valence-electron chi connectivity index (χ0n) is 14.0. The van der Waals surface area contributed by atoms with Gasteiger partial charge in [-0.15, -0.1) is 0 Å². The van der Waals surface area contributed by atoms with E-state index in [0.717, 1.165) is 5.56 Å². The van der Waals surface area contributed by atoms with Crippen LogP contribution in [0.3, 0.4) is 0 Å². The molecule has 0 radical (unpaired) electrons. The van der Waals surface area contributed by atoms with Gasteiger partial charge in [0.15, 0.2) is 0 Å². The minimum atomic E-state index is -3.31. The first-order valence-corrected chi connectivity index (χ1v) is 9.73. The molecule has 0 spiro atoms. The fraction of sp³-hybridized carbons (Fsp3) is 0.412. The van der Waals surface area contributed by atoms with Crippen LogP contribution in [0.25, 0.3) is 0 Å². The summed E-state index contributed by atoms with van der Waals surface area (Å²) in [5.41, 5.74) is 0.800. The minimum absolute atomic E-state index is 0.0302. The lowest BCUT2D eigenvalue weighted by Crippen LogP contribution is -2.42. The van der Waals surface area contributed by atoms with Crippen molar-refractivity contribution in [3.05, 3.63) is 48.2 Å². The highest BCUT2D eigenvalue weighted by molar-refractivity contribution is 7.88. The Kier molecular flexibility index (Phi) is 5.50. The van der Waals surface area contributed by atoms with Gasteiger partial charge in [0.2, 0.25) is 15.9 Å². The monoisotopic (exact) mass is 363 g/mol. The molecule has 134 valence electrons. The van der Waals surface area contributed by atoms with Gasteiger partial charge in [-0.1, -0.05) is 30.3 Å². The maximum absolute atomic E-state index is 12.6. The second-order valence-corrected chi connectivity index (χ2v) is 7.81. The summed E-state index contributed by atoms with van der Waals surface area (Å²) in [6.07, 6.45) is 2.75. The summed E-state index contributed by atoms with van der Waals surface area (Å²) in [6, 6.07) is 11.1. The predicted molar refractivity (Wildman–Crippen MR) is 92.9 cm³/mol. The second kappa shape index (κ2) is 7.79. The van der Waals surface area contributed by atoms with Gasteiger partial charge >= 0.3 is 6.01 Å². The van der Waals surface area contributed by atoms with Crippen LogP contribution in [-0.2, 0) is 15.8 Å². The number of hydrogen-bond acceptors (Lipinski definition) is 6. The molecular formula is C17H21N3O4S. The van der Waals surface area contributed by atoms with Crippen LogP contribution in [0.5, 0.6) is 11.9 Å². The van der Waals surface area contributed by atoms with Gasteiger partial charge in [0, 0.05) is 25.4 Å². The molecular weight excluding hydrogens is 342 g/mol. The summed E-state index contributed by atoms with van der Waals surface area (Å²) in [5, 5.41) is 0. The first-order valence-electron chi connectivity index (χ1n) is 8.12. The number of aromatic nitrogens is 2. The molecule has 0 aliphatic carbocycles. The predicted octanol–water partition coefficient (Wildman–Crippen LogP) is 1.86. The lowest BCUT2D eigenvalue weighted by Gasteiger charge is -2.31. The Labute approximate surface area is 147 Å². The Morgan fingerprint density at radius 1 is 1.16 bits per heavy atom. The molecule has 0 amide bonds. The molecule has 0 saturated carbocycles. The maximum Gasteiger partial charge on any atom is 0.319 e. The highest BCUT2D eigenvalue weighted by Gasteiger charge is 2.29. The Bertz CT molecular complexity index is 791. The Morgan fingerprint density at radius 3 is 2.56 bits per heavy atom. The average molecular weight is 363 g/mol. The van der Waals surface area contributed by atoms with Crippen molar-refractivity contribution in [2.75, 3.05) is 20.2 Å². The van der Waals surface area contributed by atoms with Crippen molar-refractivity contribution in [1.29, 1.82) is 0 Å². The number of rotatable bonds is 6. The zero-order valence-corrected chi connectivity index (χ0v) is 14.9. The van der Waals surface area contributed by atoms with E-state index < -0.39 is 10.0 Å². The number of methoxy groups -OCH3 is 1. The largest absolute Gasteiger partial charge is 0.474 e. The summed E-state index contributed by atoms with van der Waals surface area (Å²) in [6.45, 7) is 0.893. The standard InChI is InChI=1S/C17H21N3O4S/c1-23-17-18-10-7-16(19-17)24-15-8-11-20(12-9-15)25(21,22)13-14-5-3-2-4-6-14/h2-7,10,15H,8-9,11-13H2,1H3. The lowest BCUT2D eigenvalue weighted by molar-refractivity contribution is 0.128. The van der Waals surface area contributed by atoms with Crippen molar-refractivity contribution < 1.29 is 17.9 Å². The van der Waals surface area contributed by atoms with Crippen LogP contribution in [0.2, 0.25) is 0 Å². The third-order valence-electron chi connectivity index (χ3n) is 4.06. The van der Waals surface area contributed by atoms with Crippen LogP contribution in [0, 0.1) is 0 Å². The van der Waals surface area contributed by atoms with E-state index in [4.69, 9.17) is 9.47 Å². The number of ether oxygens (including phenoxy) is 2. The molecule has 0 unspecified atom stereocenters. The molecule has 2 heterocycles. The van der Waals surface area contributed by atoms with E-state index in [2.05, 4.69) is 9.97 Å². The normalized spacial score (nSPS) is 16.5. The second-order valence-electron chi connectivity index (χ2n) is 5.84. The van der Waals surface area contributed by atoms with Gasteiger partial charge in [0.25, 0.3) is 0 Å². The van der Waals surface area contributed by atoms with Gasteiger partial charge in [-0.3, -0.25) is 0 Å². The molecule has 1 aromatic carbocycles. The Morgan fingerprint density at radius 2 is 1.88 bits per heavy atom. The molecule has 0 N–H and O–H groups in total. The molecule has 2 aromatic rings. The molecule has 8 heteroatoms. The SMILES string of the molecule is COc1nccc(OC2CCN(S(=O)(=O)Cc3ccccc3)CC2)n1. The average Bonchev–Trinajstić information content (AvgIpc) is 2.63. The molecule has 3 rings (SSSR count). The third kappa shape index (κ3) is 4.67. The smallest absolute Gasteiger partial charge is 0.319 e. The van der Waals surface area contributed by atoms with Gasteiger partial charge < -0.3 is 9.47 Å². The van der Waals surface area contributed by atoms with E-state index in [-0.39, 0.29) is 17.9 Å². The van der Waals surface area contributed by atoms with E-state index in [1.165, 1.54) is 7.11 Å². The van der Waals surface area contributed by atoms with Gasteiger partial charge in [0.1, 0.15) is 6.10 Å². The molecule has 1 aliphatic rings. The van der Waals surface area contributed by atoms with Crippen LogP contribution in [0.1, 0.15) is 18.4 Å². The molecule has 0 bridgehead atoms. The minimum Gasteiger partial charge on any atom is -0.474 e. The van der Waals surface area contributed by atoms with Gasteiger partial charge in [-0.25, -0.2) is 17.7 Å². The summed E-state index contributed by atoms with van der Waals surface area (Å²) in [7, 11) is -1.82. The number of sulfonamides is 1. The van der Waals surface area contributed by atoms with E-state index in [0.29, 0.717) is 31.8 Å². The number of hydrogen-bond donors (Lipinski definition) is 0. The van der Waals surface area contributed by atoms with Crippen LogP contribution in [0.15, 0.2) is 42.6 Å². The number of nitrogens with zero attached hydrogens (tertiary/aromatic N) is 3. The van der Waals surface area contributed by atoms with Crippen molar-refractivity contribution in [1.82, 2.24) is 14.3 Å². The van der Waals surface area contributed by atoms with Crippen molar-refractivity contribution in [3.63, 3.8) is 0 Å². The summed E-state index contributed by atoms with van der Waals surface area (Å²) in [4.78, 5) is 8.06. The third-order valence-corrected chi connectivity index (χ3v) is 5.91. The summed E-state index contributed by atoms with van der Waals surface area (Å²) < 4.78 is 37.4. The van der Waals surface area contributed by atoms with E-state index in [9.17, 15) is 8.42 Å². The molecule has 1 fully saturated rings. The Hall–Kier alpha value is -2.19. The quantitative estimate of drug-likeness (QED) is 0.779. The van der Waals surface area contributed by atoms with E-state index in [1.54, 1.807) is 16.6 Å². The lowest BCUT2D eigenvalue weighted by atomic mass is 10.1. The van der Waals surface area contributed by atoms with Crippen LogP contribution in [-0.4, -0.2) is 49.0 Å². The first-order chi connectivity index (χ1) is 12.1. The maximum atomic E-state index is 12.6. The van der Waals surface area contributed by atoms with Crippen molar-refractivity contribution >= 4 is 10.0 Å². The van der Waals surface area contributed by atoms with Gasteiger partial charge in [0.05, 0.1) is 12.9 Å². The highest BCUT2D eigenvalue weighted by Crippen LogP contribution is 2.21. The van der Waals surface area contributed by atoms with Gasteiger partial charge in [-0.05, 0) is 18.4 Å². The molecule has 0 atom stereocenters. The molecule has 1 aliphatic heterocycles.